The summed E-state index contributed by atoms with van der Waals surface area (Å²) >= 11 is 5.90. The van der Waals surface area contributed by atoms with Crippen LogP contribution in [0, 0.1) is 0 Å². The first-order valence-electron chi connectivity index (χ1n) is 4.89. The lowest BCUT2D eigenvalue weighted by molar-refractivity contribution is 0.280. The van der Waals surface area contributed by atoms with Crippen molar-refractivity contribution in [1.82, 2.24) is 0 Å². The molecule has 1 rings (SSSR count). The predicted molar refractivity (Wildman–Crippen MR) is 61.3 cm³/mol. The summed E-state index contributed by atoms with van der Waals surface area (Å²) in [6, 6.07) is 5.41. The summed E-state index contributed by atoms with van der Waals surface area (Å²) in [4.78, 5) is 0. The van der Waals surface area contributed by atoms with Gasteiger partial charge in [0.05, 0.1) is 12.1 Å². The third-order valence-electron chi connectivity index (χ3n) is 2.28. The first-order chi connectivity index (χ1) is 7.19. The summed E-state index contributed by atoms with van der Waals surface area (Å²) in [5, 5.41) is 9.28. The Morgan fingerprint density at radius 2 is 2.27 bits per heavy atom. The number of hydrogen-bond donors (Lipinski definition) is 2. The van der Waals surface area contributed by atoms with E-state index >= 15 is 0 Å². The van der Waals surface area contributed by atoms with Crippen LogP contribution in [0.5, 0.6) is 5.75 Å². The van der Waals surface area contributed by atoms with Crippen molar-refractivity contribution in [1.29, 1.82) is 0 Å². The van der Waals surface area contributed by atoms with Gasteiger partial charge in [0.2, 0.25) is 0 Å². The second kappa shape index (κ2) is 5.95. The lowest BCUT2D eigenvalue weighted by Crippen LogP contribution is -2.10. The maximum Gasteiger partial charge on any atom is 0.137 e. The summed E-state index contributed by atoms with van der Waals surface area (Å²) in [7, 11) is 1.57. The van der Waals surface area contributed by atoms with E-state index in [1.54, 1.807) is 13.2 Å². The molecule has 1 aromatic rings. The molecule has 0 fully saturated rings. The van der Waals surface area contributed by atoms with Crippen LogP contribution in [-0.4, -0.2) is 18.8 Å². The summed E-state index contributed by atoms with van der Waals surface area (Å²) in [5.41, 5.74) is 6.92. The van der Waals surface area contributed by atoms with Gasteiger partial charge in [-0.2, -0.15) is 0 Å². The van der Waals surface area contributed by atoms with Gasteiger partial charge in [-0.05, 0) is 30.5 Å². The van der Waals surface area contributed by atoms with Crippen molar-refractivity contribution in [2.75, 3.05) is 13.7 Å². The average Bonchev–Trinajstić information content (AvgIpc) is 2.26. The van der Waals surface area contributed by atoms with Crippen LogP contribution in [0.15, 0.2) is 18.2 Å². The molecule has 3 N–H and O–H groups in total. The van der Waals surface area contributed by atoms with Gasteiger partial charge in [-0.3, -0.25) is 0 Å². The Morgan fingerprint density at radius 3 is 2.87 bits per heavy atom. The maximum atomic E-state index is 8.71. The largest absolute Gasteiger partial charge is 0.495 e. The Labute approximate surface area is 94.8 Å². The number of halogens is 1. The van der Waals surface area contributed by atoms with Gasteiger partial charge in [-0.25, -0.2) is 0 Å². The first kappa shape index (κ1) is 12.3. The molecule has 0 spiro atoms. The highest BCUT2D eigenvalue weighted by molar-refractivity contribution is 6.32. The SMILES string of the molecule is COc1cc([C@@H](N)CCCO)ccc1Cl. The molecule has 1 atom stereocenters. The van der Waals surface area contributed by atoms with Gasteiger partial charge in [-0.15, -0.1) is 0 Å². The van der Waals surface area contributed by atoms with E-state index in [4.69, 9.17) is 27.2 Å². The van der Waals surface area contributed by atoms with Crippen LogP contribution in [0.25, 0.3) is 0 Å². The van der Waals surface area contributed by atoms with E-state index in [9.17, 15) is 0 Å². The quantitative estimate of drug-likeness (QED) is 0.813. The molecule has 4 heteroatoms. The van der Waals surface area contributed by atoms with Gasteiger partial charge in [0, 0.05) is 12.6 Å². The van der Waals surface area contributed by atoms with Crippen molar-refractivity contribution in [2.45, 2.75) is 18.9 Å². The molecule has 0 aromatic heterocycles. The van der Waals surface area contributed by atoms with Gasteiger partial charge in [-0.1, -0.05) is 17.7 Å². The first-order valence-corrected chi connectivity index (χ1v) is 5.26. The van der Waals surface area contributed by atoms with Gasteiger partial charge in [0.15, 0.2) is 0 Å². The van der Waals surface area contributed by atoms with Crippen molar-refractivity contribution in [3.63, 3.8) is 0 Å². The van der Waals surface area contributed by atoms with Crippen LogP contribution >= 0.6 is 11.6 Å². The fourth-order valence-corrected chi connectivity index (χ4v) is 1.58. The zero-order chi connectivity index (χ0) is 11.3. The van der Waals surface area contributed by atoms with Crippen LogP contribution in [-0.2, 0) is 0 Å². The van der Waals surface area contributed by atoms with E-state index in [0.29, 0.717) is 17.2 Å². The van der Waals surface area contributed by atoms with E-state index < -0.39 is 0 Å². The normalized spacial score (nSPS) is 12.5. The minimum atomic E-state index is -0.0803. The lowest BCUT2D eigenvalue weighted by Gasteiger charge is -2.13. The van der Waals surface area contributed by atoms with Crippen LogP contribution in [0.4, 0.5) is 0 Å². The van der Waals surface area contributed by atoms with E-state index in [0.717, 1.165) is 12.0 Å². The standard InChI is InChI=1S/C11H16ClNO2/c1-15-11-7-8(4-5-9(11)12)10(13)3-2-6-14/h4-5,7,10,14H,2-3,6,13H2,1H3/t10-/m0/s1. The van der Waals surface area contributed by atoms with Crippen LogP contribution in [0.1, 0.15) is 24.4 Å². The monoisotopic (exact) mass is 229 g/mol. The molecule has 0 saturated heterocycles. The molecule has 0 heterocycles. The highest BCUT2D eigenvalue weighted by Gasteiger charge is 2.08. The van der Waals surface area contributed by atoms with E-state index in [-0.39, 0.29) is 12.6 Å². The van der Waals surface area contributed by atoms with Gasteiger partial charge in [0.1, 0.15) is 5.75 Å². The van der Waals surface area contributed by atoms with Crippen LogP contribution in [0.2, 0.25) is 5.02 Å². The van der Waals surface area contributed by atoms with Crippen molar-refractivity contribution in [2.24, 2.45) is 5.73 Å². The molecular weight excluding hydrogens is 214 g/mol. The number of nitrogens with two attached hydrogens (primary N) is 1. The zero-order valence-electron chi connectivity index (χ0n) is 8.74. The highest BCUT2D eigenvalue weighted by atomic mass is 35.5. The molecule has 0 aliphatic heterocycles. The molecule has 84 valence electrons. The Hall–Kier alpha value is -0.770. The number of aliphatic hydroxyl groups excluding tert-OH is 1. The van der Waals surface area contributed by atoms with E-state index in [1.165, 1.54) is 0 Å². The Morgan fingerprint density at radius 1 is 1.53 bits per heavy atom. The Balaban J connectivity index is 2.76. The Bertz CT molecular complexity index is 317. The molecule has 0 saturated carbocycles. The molecular formula is C11H16ClNO2. The topological polar surface area (TPSA) is 55.5 Å². The number of hydrogen-bond acceptors (Lipinski definition) is 3. The molecule has 0 radical (unpaired) electrons. The highest BCUT2D eigenvalue weighted by Crippen LogP contribution is 2.28. The smallest absolute Gasteiger partial charge is 0.137 e. The summed E-state index contributed by atoms with van der Waals surface area (Å²) in [5.74, 6) is 0.633. The minimum absolute atomic E-state index is 0.0803. The van der Waals surface area contributed by atoms with Gasteiger partial charge in [0.25, 0.3) is 0 Å². The molecule has 0 amide bonds. The fraction of sp³-hybridized carbons (Fsp3) is 0.455. The zero-order valence-corrected chi connectivity index (χ0v) is 9.50. The summed E-state index contributed by atoms with van der Waals surface area (Å²) in [6.07, 6.45) is 1.45. The van der Waals surface area contributed by atoms with Gasteiger partial charge < -0.3 is 15.6 Å². The van der Waals surface area contributed by atoms with Crippen molar-refractivity contribution < 1.29 is 9.84 Å². The number of rotatable bonds is 5. The second-order valence-electron chi connectivity index (χ2n) is 3.37. The number of benzene rings is 1. The molecule has 0 unspecified atom stereocenters. The molecule has 0 bridgehead atoms. The average molecular weight is 230 g/mol. The minimum Gasteiger partial charge on any atom is -0.495 e. The molecule has 1 aromatic carbocycles. The molecule has 0 aliphatic rings. The molecule has 3 nitrogen and oxygen atoms in total. The summed E-state index contributed by atoms with van der Waals surface area (Å²) in [6.45, 7) is 0.165. The second-order valence-corrected chi connectivity index (χ2v) is 3.77. The third kappa shape index (κ3) is 3.38. The third-order valence-corrected chi connectivity index (χ3v) is 2.59. The van der Waals surface area contributed by atoms with Crippen LogP contribution in [0.3, 0.4) is 0 Å². The maximum absolute atomic E-state index is 8.71. The van der Waals surface area contributed by atoms with E-state index in [2.05, 4.69) is 0 Å². The van der Waals surface area contributed by atoms with Crippen molar-refractivity contribution >= 4 is 11.6 Å². The number of methoxy groups -OCH3 is 1. The fourth-order valence-electron chi connectivity index (χ4n) is 1.38. The van der Waals surface area contributed by atoms with Crippen LogP contribution < -0.4 is 10.5 Å². The molecule has 15 heavy (non-hydrogen) atoms. The molecule has 0 aliphatic carbocycles. The van der Waals surface area contributed by atoms with E-state index in [1.807, 2.05) is 12.1 Å². The summed E-state index contributed by atoms with van der Waals surface area (Å²) < 4.78 is 5.10. The number of ether oxygens (including phenoxy) is 1. The number of aliphatic hydroxyl groups is 1. The van der Waals surface area contributed by atoms with Gasteiger partial charge >= 0.3 is 0 Å². The van der Waals surface area contributed by atoms with Crippen molar-refractivity contribution in [3.8, 4) is 5.75 Å². The Kier molecular flexibility index (Phi) is 4.88. The lowest BCUT2D eigenvalue weighted by atomic mass is 10.0. The van der Waals surface area contributed by atoms with Crippen molar-refractivity contribution in [3.05, 3.63) is 28.8 Å². The predicted octanol–water partition coefficient (Wildman–Crippen LogP) is 2.12.